The number of nitrogens with one attached hydrogen (secondary N) is 2. The van der Waals surface area contributed by atoms with E-state index in [1.165, 1.54) is 18.5 Å². The zero-order valence-corrected chi connectivity index (χ0v) is 16.7. The van der Waals surface area contributed by atoms with Crippen molar-refractivity contribution in [2.24, 2.45) is 0 Å². The van der Waals surface area contributed by atoms with Gasteiger partial charge >= 0.3 is 5.97 Å². The number of carbonyl (C=O) groups is 1. The van der Waals surface area contributed by atoms with E-state index in [9.17, 15) is 9.18 Å². The highest BCUT2D eigenvalue weighted by molar-refractivity contribution is 6.31. The molecule has 0 unspecified atom stereocenters. The lowest BCUT2D eigenvalue weighted by molar-refractivity contribution is -0.152. The summed E-state index contributed by atoms with van der Waals surface area (Å²) in [6, 6.07) is 7.02. The van der Waals surface area contributed by atoms with Gasteiger partial charge in [0.1, 0.15) is 30.4 Å². The van der Waals surface area contributed by atoms with Crippen LogP contribution in [0.3, 0.4) is 0 Å². The molecule has 2 aromatic rings. The van der Waals surface area contributed by atoms with Crippen LogP contribution in [-0.2, 0) is 9.53 Å². The fourth-order valence-corrected chi connectivity index (χ4v) is 4.08. The van der Waals surface area contributed by atoms with Crippen LogP contribution in [0.25, 0.3) is 0 Å². The predicted octanol–water partition coefficient (Wildman–Crippen LogP) is 3.59. The van der Waals surface area contributed by atoms with E-state index < -0.39 is 5.82 Å². The molecule has 2 N–H and O–H groups in total. The molecule has 0 amide bonds. The number of carbonyl (C=O) groups excluding carboxylic acids is 1. The Morgan fingerprint density at radius 3 is 2.69 bits per heavy atom. The van der Waals surface area contributed by atoms with Gasteiger partial charge in [0.05, 0.1) is 11.6 Å². The topological polar surface area (TPSA) is 79.4 Å². The summed E-state index contributed by atoms with van der Waals surface area (Å²) in [6.07, 6.45) is 5.58. The molecule has 0 radical (unpaired) electrons. The van der Waals surface area contributed by atoms with Crippen LogP contribution in [0.15, 0.2) is 30.6 Å². The first-order valence-corrected chi connectivity index (χ1v) is 10.1. The maximum Gasteiger partial charge on any atom is 0.320 e. The molecular formula is C20H23ClFN5O2. The molecule has 2 fully saturated rings. The lowest BCUT2D eigenvalue weighted by Gasteiger charge is -2.38. The van der Waals surface area contributed by atoms with Crippen LogP contribution in [0.2, 0.25) is 5.02 Å². The van der Waals surface area contributed by atoms with E-state index in [0.29, 0.717) is 36.7 Å². The van der Waals surface area contributed by atoms with Gasteiger partial charge < -0.3 is 15.4 Å². The average Bonchev–Trinajstić information content (AvgIpc) is 2.72. The number of hydrogen-bond acceptors (Lipinski definition) is 7. The molecule has 154 valence electrons. The van der Waals surface area contributed by atoms with Gasteiger partial charge in [-0.25, -0.2) is 14.4 Å². The van der Waals surface area contributed by atoms with Crippen molar-refractivity contribution in [3.8, 4) is 0 Å². The van der Waals surface area contributed by atoms with Crippen molar-refractivity contribution < 1.29 is 13.9 Å². The third-order valence-corrected chi connectivity index (χ3v) is 5.69. The first-order chi connectivity index (χ1) is 14.1. The normalized spacial score (nSPS) is 22.8. The fraction of sp³-hybridized carbons (Fsp3) is 0.450. The Hall–Kier alpha value is -2.45. The van der Waals surface area contributed by atoms with Crippen molar-refractivity contribution >= 4 is 34.9 Å². The Morgan fingerprint density at radius 1 is 1.14 bits per heavy atom. The third-order valence-electron chi connectivity index (χ3n) is 5.40. The molecule has 1 saturated heterocycles. The van der Waals surface area contributed by atoms with Crippen LogP contribution in [0.5, 0.6) is 0 Å². The first kappa shape index (κ1) is 19.8. The van der Waals surface area contributed by atoms with Crippen LogP contribution in [-0.4, -0.2) is 52.6 Å². The molecule has 0 bridgehead atoms. The summed E-state index contributed by atoms with van der Waals surface area (Å²) in [5, 5.41) is 6.64. The summed E-state index contributed by atoms with van der Waals surface area (Å²) in [7, 11) is 0. The summed E-state index contributed by atoms with van der Waals surface area (Å²) in [5.41, 5.74) is 0.654. The predicted molar refractivity (Wildman–Crippen MR) is 109 cm³/mol. The second kappa shape index (κ2) is 8.92. The zero-order valence-electron chi connectivity index (χ0n) is 15.9. The number of morpholine rings is 1. The van der Waals surface area contributed by atoms with Crippen LogP contribution in [0, 0.1) is 5.82 Å². The largest absolute Gasteiger partial charge is 0.463 e. The van der Waals surface area contributed by atoms with Crippen LogP contribution >= 0.6 is 11.6 Å². The number of anilines is 3. The van der Waals surface area contributed by atoms with Crippen molar-refractivity contribution in [2.75, 3.05) is 30.3 Å². The lowest BCUT2D eigenvalue weighted by atomic mass is 9.90. The van der Waals surface area contributed by atoms with Crippen LogP contribution in [0.1, 0.15) is 25.7 Å². The number of rotatable bonds is 5. The summed E-state index contributed by atoms with van der Waals surface area (Å²) in [4.78, 5) is 22.3. The molecule has 2 heterocycles. The Balaban J connectivity index is 1.31. The molecule has 4 rings (SSSR count). The summed E-state index contributed by atoms with van der Waals surface area (Å²) in [5.74, 6) is 0.755. The zero-order chi connectivity index (χ0) is 20.2. The van der Waals surface area contributed by atoms with Gasteiger partial charge in [0.2, 0.25) is 0 Å². The van der Waals surface area contributed by atoms with Crippen molar-refractivity contribution in [2.45, 2.75) is 37.8 Å². The monoisotopic (exact) mass is 419 g/mol. The fourth-order valence-electron chi connectivity index (χ4n) is 3.90. The number of ether oxygens (including phenoxy) is 1. The van der Waals surface area contributed by atoms with E-state index in [4.69, 9.17) is 16.3 Å². The number of nitrogens with zero attached hydrogens (tertiary/aromatic N) is 3. The van der Waals surface area contributed by atoms with Crippen LogP contribution in [0.4, 0.5) is 21.7 Å². The van der Waals surface area contributed by atoms with E-state index in [2.05, 4.69) is 25.5 Å². The first-order valence-electron chi connectivity index (χ1n) is 9.77. The molecule has 1 saturated carbocycles. The number of cyclic esters (lactones) is 1. The molecule has 1 aromatic carbocycles. The minimum atomic E-state index is -0.459. The molecule has 7 nitrogen and oxygen atoms in total. The van der Waals surface area contributed by atoms with Crippen molar-refractivity contribution in [1.82, 2.24) is 14.9 Å². The molecule has 0 atom stereocenters. The Morgan fingerprint density at radius 2 is 1.93 bits per heavy atom. The quantitative estimate of drug-likeness (QED) is 0.717. The number of halogens is 2. The standard InChI is InChI=1S/C20H23ClFN5O2/c21-16-9-14(3-6-17(16)22)26-19-10-18(23-12-24-19)25-13-1-4-15(5-2-13)27-7-8-29-20(28)11-27/h3,6,9-10,12-13,15H,1-2,4-5,7-8,11H2,(H2,23,24,25,26)/t13-,15-. The maximum absolute atomic E-state index is 13.3. The molecule has 0 spiro atoms. The van der Waals surface area contributed by atoms with Crippen molar-refractivity contribution in [3.63, 3.8) is 0 Å². The van der Waals surface area contributed by atoms with Gasteiger partial charge in [-0.1, -0.05) is 11.6 Å². The van der Waals surface area contributed by atoms with E-state index in [1.807, 2.05) is 6.07 Å². The van der Waals surface area contributed by atoms with Crippen molar-refractivity contribution in [3.05, 3.63) is 41.4 Å². The van der Waals surface area contributed by atoms with E-state index >= 15 is 0 Å². The lowest BCUT2D eigenvalue weighted by Crippen LogP contribution is -2.48. The molecule has 1 aliphatic carbocycles. The van der Waals surface area contributed by atoms with E-state index in [0.717, 1.165) is 38.0 Å². The number of benzene rings is 1. The molecule has 1 aliphatic heterocycles. The Bertz CT molecular complexity index is 876. The van der Waals surface area contributed by atoms with Gasteiger partial charge in [0.25, 0.3) is 0 Å². The maximum atomic E-state index is 13.3. The molecule has 1 aromatic heterocycles. The highest BCUT2D eigenvalue weighted by atomic mass is 35.5. The average molecular weight is 420 g/mol. The second-order valence-corrected chi connectivity index (χ2v) is 7.79. The smallest absolute Gasteiger partial charge is 0.320 e. The molecular weight excluding hydrogens is 397 g/mol. The summed E-state index contributed by atoms with van der Waals surface area (Å²) in [6.45, 7) is 1.72. The second-order valence-electron chi connectivity index (χ2n) is 7.38. The van der Waals surface area contributed by atoms with Crippen LogP contribution < -0.4 is 10.6 Å². The minimum absolute atomic E-state index is 0.0566. The third kappa shape index (κ3) is 5.13. The summed E-state index contributed by atoms with van der Waals surface area (Å²) >= 11 is 5.83. The van der Waals surface area contributed by atoms with Gasteiger partial charge in [-0.05, 0) is 43.9 Å². The van der Waals surface area contributed by atoms with Crippen molar-refractivity contribution in [1.29, 1.82) is 0 Å². The molecule has 29 heavy (non-hydrogen) atoms. The number of esters is 1. The number of aromatic nitrogens is 2. The SMILES string of the molecule is O=C1CN([C@H]2CC[C@H](Nc3cc(Nc4ccc(F)c(Cl)c4)ncn3)CC2)CCO1. The Kier molecular flexibility index (Phi) is 6.10. The van der Waals surface area contributed by atoms with Gasteiger partial charge in [-0.15, -0.1) is 0 Å². The highest BCUT2D eigenvalue weighted by Crippen LogP contribution is 2.27. The Labute approximate surface area is 173 Å². The van der Waals surface area contributed by atoms with Gasteiger partial charge in [0, 0.05) is 30.4 Å². The highest BCUT2D eigenvalue weighted by Gasteiger charge is 2.29. The van der Waals surface area contributed by atoms with E-state index in [1.54, 1.807) is 6.07 Å². The minimum Gasteiger partial charge on any atom is -0.463 e. The number of hydrogen-bond donors (Lipinski definition) is 2. The molecule has 9 heteroatoms. The van der Waals surface area contributed by atoms with Gasteiger partial charge in [-0.2, -0.15) is 0 Å². The summed E-state index contributed by atoms with van der Waals surface area (Å²) < 4.78 is 18.3. The van der Waals surface area contributed by atoms with Gasteiger partial charge in [0.15, 0.2) is 0 Å². The molecule has 2 aliphatic rings. The van der Waals surface area contributed by atoms with Gasteiger partial charge in [-0.3, -0.25) is 9.69 Å². The van der Waals surface area contributed by atoms with E-state index in [-0.39, 0.29) is 11.0 Å².